The van der Waals surface area contributed by atoms with Crippen molar-refractivity contribution in [3.05, 3.63) is 64.2 Å². The van der Waals surface area contributed by atoms with Crippen molar-refractivity contribution in [1.82, 2.24) is 19.7 Å². The summed E-state index contributed by atoms with van der Waals surface area (Å²) in [5.74, 6) is 0.687. The van der Waals surface area contributed by atoms with Crippen LogP contribution in [0.25, 0.3) is 5.69 Å². The fourth-order valence-electron chi connectivity index (χ4n) is 2.07. The van der Waals surface area contributed by atoms with Gasteiger partial charge >= 0.3 is 0 Å². The van der Waals surface area contributed by atoms with Gasteiger partial charge in [0.05, 0.1) is 5.69 Å². The maximum Gasteiger partial charge on any atom is 0.195 e. The molecule has 4 nitrogen and oxygen atoms in total. The number of hydrogen-bond donors (Lipinski definition) is 0. The Morgan fingerprint density at radius 1 is 1.14 bits per heavy atom. The highest BCUT2D eigenvalue weighted by Gasteiger charge is 2.10. The van der Waals surface area contributed by atoms with E-state index in [1.807, 2.05) is 22.8 Å². The highest BCUT2D eigenvalue weighted by molar-refractivity contribution is 7.98. The molecule has 0 saturated heterocycles. The van der Waals surface area contributed by atoms with Crippen LogP contribution < -0.4 is 0 Å². The maximum absolute atomic E-state index is 5.92. The normalized spacial score (nSPS) is 10.9. The van der Waals surface area contributed by atoms with E-state index in [1.165, 1.54) is 5.56 Å². The second-order valence-electron chi connectivity index (χ2n) is 4.68. The first-order chi connectivity index (χ1) is 10.6. The fraction of sp³-hybridized carbons (Fsp3) is 0.133. The predicted molar refractivity (Wildman–Crippen MR) is 89.9 cm³/mol. The number of para-hydroxylation sites is 1. The summed E-state index contributed by atoms with van der Waals surface area (Å²) in [6.07, 6.45) is 1.72. The van der Waals surface area contributed by atoms with E-state index in [0.29, 0.717) is 16.1 Å². The average molecular weight is 351 g/mol. The molecular weight excluding hydrogens is 339 g/mol. The van der Waals surface area contributed by atoms with Crippen LogP contribution in [0.1, 0.15) is 11.1 Å². The van der Waals surface area contributed by atoms with Crippen LogP contribution in [0.4, 0.5) is 0 Å². The van der Waals surface area contributed by atoms with Crippen LogP contribution >= 0.6 is 35.0 Å². The smallest absolute Gasteiger partial charge is 0.195 e. The minimum Gasteiger partial charge on any atom is -0.276 e. The van der Waals surface area contributed by atoms with Crippen molar-refractivity contribution in [1.29, 1.82) is 0 Å². The Morgan fingerprint density at radius 3 is 2.59 bits per heavy atom. The molecule has 0 spiro atoms. The molecule has 2 heterocycles. The van der Waals surface area contributed by atoms with Crippen LogP contribution in [0, 0.1) is 6.92 Å². The van der Waals surface area contributed by atoms with Gasteiger partial charge in [-0.05, 0) is 36.2 Å². The van der Waals surface area contributed by atoms with E-state index in [-0.39, 0.29) is 0 Å². The van der Waals surface area contributed by atoms with E-state index in [0.717, 1.165) is 16.4 Å². The van der Waals surface area contributed by atoms with Gasteiger partial charge in [0.1, 0.15) is 16.6 Å². The van der Waals surface area contributed by atoms with E-state index in [1.54, 1.807) is 30.2 Å². The monoisotopic (exact) mass is 350 g/mol. The van der Waals surface area contributed by atoms with E-state index in [9.17, 15) is 0 Å². The van der Waals surface area contributed by atoms with Gasteiger partial charge in [0.15, 0.2) is 5.16 Å². The van der Waals surface area contributed by atoms with Crippen molar-refractivity contribution in [3.63, 3.8) is 0 Å². The summed E-state index contributed by atoms with van der Waals surface area (Å²) in [6, 6.07) is 11.7. The zero-order valence-corrected chi connectivity index (χ0v) is 14.0. The summed E-state index contributed by atoms with van der Waals surface area (Å²) < 4.78 is 1.98. The maximum atomic E-state index is 5.92. The Labute approximate surface area is 142 Å². The van der Waals surface area contributed by atoms with Crippen molar-refractivity contribution in [2.45, 2.75) is 17.8 Å². The van der Waals surface area contributed by atoms with Crippen LogP contribution in [0.3, 0.4) is 0 Å². The van der Waals surface area contributed by atoms with Crippen molar-refractivity contribution < 1.29 is 0 Å². The molecule has 0 radical (unpaired) electrons. The second-order valence-corrected chi connectivity index (χ2v) is 6.40. The molecular formula is C15H12Cl2N4S. The van der Waals surface area contributed by atoms with E-state index in [4.69, 9.17) is 23.2 Å². The molecule has 0 unspecified atom stereocenters. The van der Waals surface area contributed by atoms with Crippen LogP contribution in [0.15, 0.2) is 47.9 Å². The number of pyridine rings is 1. The standard InChI is InChI=1S/C15H12Cl2N4S/c1-10-4-2-3-5-12(10)21-9-18-20-15(21)22-8-11-6-13(16)19-14(17)7-11/h2-7,9H,8H2,1H3. The molecule has 0 aliphatic rings. The molecule has 2 aromatic heterocycles. The number of thioether (sulfide) groups is 1. The Bertz CT molecular complexity index is 783. The molecule has 0 N–H and O–H groups in total. The Hall–Kier alpha value is -1.56. The van der Waals surface area contributed by atoms with Crippen molar-refractivity contribution in [2.24, 2.45) is 0 Å². The van der Waals surface area contributed by atoms with Gasteiger partial charge in [0.2, 0.25) is 0 Å². The molecule has 0 amide bonds. The largest absolute Gasteiger partial charge is 0.276 e. The zero-order chi connectivity index (χ0) is 15.5. The molecule has 0 atom stereocenters. The lowest BCUT2D eigenvalue weighted by Crippen LogP contribution is -1.97. The van der Waals surface area contributed by atoms with Gasteiger partial charge in [0.25, 0.3) is 0 Å². The molecule has 0 aliphatic heterocycles. The highest BCUT2D eigenvalue weighted by atomic mass is 35.5. The topological polar surface area (TPSA) is 43.6 Å². The number of halogens is 2. The van der Waals surface area contributed by atoms with Crippen LogP contribution in [0.5, 0.6) is 0 Å². The van der Waals surface area contributed by atoms with E-state index >= 15 is 0 Å². The Morgan fingerprint density at radius 2 is 1.86 bits per heavy atom. The quantitative estimate of drug-likeness (QED) is 0.510. The summed E-state index contributed by atoms with van der Waals surface area (Å²) in [5, 5.41) is 9.80. The van der Waals surface area contributed by atoms with Crippen LogP contribution in [-0.2, 0) is 5.75 Å². The Balaban J connectivity index is 1.83. The number of aromatic nitrogens is 4. The SMILES string of the molecule is Cc1ccccc1-n1cnnc1SCc1cc(Cl)nc(Cl)c1. The molecule has 7 heteroatoms. The molecule has 112 valence electrons. The van der Waals surface area contributed by atoms with Gasteiger partial charge in [-0.15, -0.1) is 10.2 Å². The molecule has 0 saturated carbocycles. The van der Waals surface area contributed by atoms with Gasteiger partial charge < -0.3 is 0 Å². The lowest BCUT2D eigenvalue weighted by Gasteiger charge is -2.09. The van der Waals surface area contributed by atoms with Gasteiger partial charge in [-0.2, -0.15) is 0 Å². The summed E-state index contributed by atoms with van der Waals surface area (Å²) >= 11 is 13.4. The molecule has 0 aliphatic carbocycles. The zero-order valence-electron chi connectivity index (χ0n) is 11.7. The molecule has 1 aromatic carbocycles. The number of aryl methyl sites for hydroxylation is 1. The lowest BCUT2D eigenvalue weighted by atomic mass is 10.2. The van der Waals surface area contributed by atoms with E-state index < -0.39 is 0 Å². The summed E-state index contributed by atoms with van der Waals surface area (Å²) in [4.78, 5) is 3.94. The highest BCUT2D eigenvalue weighted by Crippen LogP contribution is 2.26. The lowest BCUT2D eigenvalue weighted by molar-refractivity contribution is 0.878. The summed E-state index contributed by atoms with van der Waals surface area (Å²) in [7, 11) is 0. The van der Waals surface area contributed by atoms with Crippen molar-refractivity contribution in [3.8, 4) is 5.69 Å². The minimum atomic E-state index is 0.392. The first-order valence-electron chi connectivity index (χ1n) is 6.54. The Kier molecular flexibility index (Phi) is 4.66. The first-order valence-corrected chi connectivity index (χ1v) is 8.28. The summed E-state index contributed by atoms with van der Waals surface area (Å²) in [6.45, 7) is 2.06. The molecule has 3 rings (SSSR count). The first kappa shape index (κ1) is 15.3. The van der Waals surface area contributed by atoms with Crippen LogP contribution in [-0.4, -0.2) is 19.7 Å². The minimum absolute atomic E-state index is 0.392. The molecule has 3 aromatic rings. The van der Waals surface area contributed by atoms with Gasteiger partial charge in [0, 0.05) is 5.75 Å². The third kappa shape index (κ3) is 3.43. The number of nitrogens with zero attached hydrogens (tertiary/aromatic N) is 4. The second kappa shape index (κ2) is 6.69. The van der Waals surface area contributed by atoms with Crippen LogP contribution in [0.2, 0.25) is 10.3 Å². The number of hydrogen-bond acceptors (Lipinski definition) is 4. The fourth-order valence-corrected chi connectivity index (χ4v) is 3.42. The molecule has 22 heavy (non-hydrogen) atoms. The molecule has 0 bridgehead atoms. The van der Waals surface area contributed by atoms with E-state index in [2.05, 4.69) is 28.2 Å². The number of benzene rings is 1. The predicted octanol–water partition coefficient (Wildman–Crippen LogP) is 4.57. The van der Waals surface area contributed by atoms with Crippen molar-refractivity contribution in [2.75, 3.05) is 0 Å². The van der Waals surface area contributed by atoms with Gasteiger partial charge in [-0.25, -0.2) is 4.98 Å². The molecule has 0 fully saturated rings. The number of rotatable bonds is 4. The third-order valence-electron chi connectivity index (χ3n) is 3.08. The van der Waals surface area contributed by atoms with Gasteiger partial charge in [-0.3, -0.25) is 4.57 Å². The van der Waals surface area contributed by atoms with Gasteiger partial charge in [-0.1, -0.05) is 53.2 Å². The average Bonchev–Trinajstić information content (AvgIpc) is 2.93. The third-order valence-corrected chi connectivity index (χ3v) is 4.48. The summed E-state index contributed by atoms with van der Waals surface area (Å²) in [5.41, 5.74) is 3.23. The van der Waals surface area contributed by atoms with Crippen molar-refractivity contribution >= 4 is 35.0 Å².